The zero-order chi connectivity index (χ0) is 17.3. The average Bonchev–Trinajstić information content (AvgIpc) is 3.00. The van der Waals surface area contributed by atoms with E-state index >= 15 is 0 Å². The van der Waals surface area contributed by atoms with E-state index in [0.717, 1.165) is 37.6 Å². The molecule has 1 aromatic heterocycles. The molecule has 1 saturated heterocycles. The van der Waals surface area contributed by atoms with E-state index in [1.54, 1.807) is 6.20 Å². The van der Waals surface area contributed by atoms with Crippen LogP contribution in [0.5, 0.6) is 0 Å². The minimum Gasteiger partial charge on any atom is -0.336 e. The molecule has 2 heterocycles. The molecule has 1 aliphatic heterocycles. The second kappa shape index (κ2) is 6.95. The first kappa shape index (κ1) is 17.0. The number of benzene rings is 1. The van der Waals surface area contributed by atoms with Gasteiger partial charge in [0.15, 0.2) is 0 Å². The molecule has 24 heavy (non-hydrogen) atoms. The average molecular weight is 347 g/mol. The third-order valence-corrected chi connectivity index (χ3v) is 4.66. The number of amides is 1. The number of carbonyl (C=O) groups is 1. The third kappa shape index (κ3) is 3.32. The third-order valence-electron chi connectivity index (χ3n) is 4.43. The smallest absolute Gasteiger partial charge is 0.257 e. The Labute approximate surface area is 147 Å². The van der Waals surface area contributed by atoms with Gasteiger partial charge in [-0.2, -0.15) is 5.10 Å². The van der Waals surface area contributed by atoms with Crippen molar-refractivity contribution in [2.24, 2.45) is 0 Å². The highest BCUT2D eigenvalue weighted by molar-refractivity contribution is 6.30. The maximum Gasteiger partial charge on any atom is 0.257 e. The number of hydrogen-bond acceptors (Lipinski definition) is 3. The molecule has 0 bridgehead atoms. The Hall–Kier alpha value is -1.85. The molecular weight excluding hydrogens is 324 g/mol. The number of hydrogen-bond donors (Lipinski definition) is 0. The van der Waals surface area contributed by atoms with Gasteiger partial charge in [-0.25, -0.2) is 4.68 Å². The van der Waals surface area contributed by atoms with Gasteiger partial charge < -0.3 is 9.80 Å². The van der Waals surface area contributed by atoms with E-state index in [-0.39, 0.29) is 11.8 Å². The van der Waals surface area contributed by atoms with E-state index in [1.165, 1.54) is 0 Å². The Morgan fingerprint density at radius 3 is 2.54 bits per heavy atom. The molecule has 0 spiro atoms. The summed E-state index contributed by atoms with van der Waals surface area (Å²) in [5.41, 5.74) is 2.50. The van der Waals surface area contributed by atoms with Crippen LogP contribution in [-0.4, -0.2) is 58.7 Å². The van der Waals surface area contributed by atoms with Gasteiger partial charge >= 0.3 is 0 Å². The van der Waals surface area contributed by atoms with Crippen LogP contribution in [0.1, 0.15) is 35.8 Å². The standard InChI is InChI=1S/C18H23ClN4O/c1-13(2)17-16(18(24)22-9-7-21(3)8-10-22)12-20-23(17)15-6-4-5-14(19)11-15/h4-6,11-13H,7-10H2,1-3H3. The van der Waals surface area contributed by atoms with Crippen LogP contribution in [0.15, 0.2) is 30.5 Å². The van der Waals surface area contributed by atoms with E-state index in [1.807, 2.05) is 33.8 Å². The van der Waals surface area contributed by atoms with Crippen LogP contribution in [0.25, 0.3) is 5.69 Å². The quantitative estimate of drug-likeness (QED) is 0.857. The molecule has 6 heteroatoms. The molecule has 0 N–H and O–H groups in total. The summed E-state index contributed by atoms with van der Waals surface area (Å²) < 4.78 is 1.83. The zero-order valence-electron chi connectivity index (χ0n) is 14.4. The summed E-state index contributed by atoms with van der Waals surface area (Å²) in [4.78, 5) is 17.1. The fraction of sp³-hybridized carbons (Fsp3) is 0.444. The number of likely N-dealkylation sites (N-methyl/N-ethyl adjacent to an activating group) is 1. The van der Waals surface area contributed by atoms with Crippen LogP contribution in [-0.2, 0) is 0 Å². The highest BCUT2D eigenvalue weighted by Gasteiger charge is 2.26. The lowest BCUT2D eigenvalue weighted by molar-refractivity contribution is 0.0662. The molecule has 2 aromatic rings. The minimum absolute atomic E-state index is 0.0695. The van der Waals surface area contributed by atoms with Crippen LogP contribution in [0.4, 0.5) is 0 Å². The molecular formula is C18H23ClN4O. The molecule has 1 fully saturated rings. The maximum absolute atomic E-state index is 13.0. The second-order valence-electron chi connectivity index (χ2n) is 6.59. The number of rotatable bonds is 3. The molecule has 0 unspecified atom stereocenters. The predicted octanol–water partition coefficient (Wildman–Crippen LogP) is 3.04. The Bertz CT molecular complexity index is 732. The first-order valence-corrected chi connectivity index (χ1v) is 8.67. The first-order chi connectivity index (χ1) is 11.5. The van der Waals surface area contributed by atoms with Crippen molar-refractivity contribution in [3.05, 3.63) is 46.7 Å². The van der Waals surface area contributed by atoms with Crippen molar-refractivity contribution in [3.8, 4) is 5.69 Å². The lowest BCUT2D eigenvalue weighted by Crippen LogP contribution is -2.47. The highest BCUT2D eigenvalue weighted by atomic mass is 35.5. The van der Waals surface area contributed by atoms with Crippen molar-refractivity contribution >= 4 is 17.5 Å². The van der Waals surface area contributed by atoms with Crippen molar-refractivity contribution in [2.75, 3.05) is 33.2 Å². The molecule has 0 atom stereocenters. The minimum atomic E-state index is 0.0695. The molecule has 1 aliphatic rings. The summed E-state index contributed by atoms with van der Waals surface area (Å²) in [7, 11) is 2.08. The molecule has 0 saturated carbocycles. The Balaban J connectivity index is 1.96. The topological polar surface area (TPSA) is 41.4 Å². The van der Waals surface area contributed by atoms with Crippen molar-refractivity contribution < 1.29 is 4.79 Å². The molecule has 1 aromatic carbocycles. The van der Waals surface area contributed by atoms with E-state index in [9.17, 15) is 4.79 Å². The van der Waals surface area contributed by atoms with E-state index < -0.39 is 0 Å². The Morgan fingerprint density at radius 2 is 1.92 bits per heavy atom. The number of nitrogens with zero attached hydrogens (tertiary/aromatic N) is 4. The Kier molecular flexibility index (Phi) is 4.92. The number of carbonyl (C=O) groups excluding carboxylic acids is 1. The summed E-state index contributed by atoms with van der Waals surface area (Å²) in [6, 6.07) is 7.55. The molecule has 128 valence electrons. The van der Waals surface area contributed by atoms with Gasteiger partial charge in [0.1, 0.15) is 0 Å². The SMILES string of the molecule is CC(C)c1c(C(=O)N2CCN(C)CC2)cnn1-c1cccc(Cl)c1. The van der Waals surface area contributed by atoms with Crippen LogP contribution in [0, 0.1) is 0 Å². The fourth-order valence-electron chi connectivity index (χ4n) is 3.07. The molecule has 0 aliphatic carbocycles. The summed E-state index contributed by atoms with van der Waals surface area (Å²) in [5.74, 6) is 0.248. The van der Waals surface area contributed by atoms with Gasteiger partial charge in [0.25, 0.3) is 5.91 Å². The summed E-state index contributed by atoms with van der Waals surface area (Å²) in [5, 5.41) is 5.14. The molecule has 3 rings (SSSR count). The molecule has 5 nitrogen and oxygen atoms in total. The number of piperazine rings is 1. The van der Waals surface area contributed by atoms with E-state index in [2.05, 4.69) is 30.9 Å². The van der Waals surface area contributed by atoms with Gasteiger partial charge in [-0.1, -0.05) is 31.5 Å². The van der Waals surface area contributed by atoms with Crippen molar-refractivity contribution in [2.45, 2.75) is 19.8 Å². The van der Waals surface area contributed by atoms with E-state index in [0.29, 0.717) is 10.6 Å². The zero-order valence-corrected chi connectivity index (χ0v) is 15.1. The predicted molar refractivity (Wildman–Crippen MR) is 96.1 cm³/mol. The van der Waals surface area contributed by atoms with Crippen LogP contribution in [0.2, 0.25) is 5.02 Å². The normalized spacial score (nSPS) is 16.0. The van der Waals surface area contributed by atoms with Gasteiger partial charge in [0, 0.05) is 31.2 Å². The lowest BCUT2D eigenvalue weighted by Gasteiger charge is -2.32. The summed E-state index contributed by atoms with van der Waals surface area (Å²) in [6.07, 6.45) is 1.69. The largest absolute Gasteiger partial charge is 0.336 e. The van der Waals surface area contributed by atoms with Crippen molar-refractivity contribution in [1.29, 1.82) is 0 Å². The molecule has 1 amide bonds. The van der Waals surface area contributed by atoms with Gasteiger partial charge in [0.05, 0.1) is 23.1 Å². The Morgan fingerprint density at radius 1 is 1.21 bits per heavy atom. The van der Waals surface area contributed by atoms with Gasteiger partial charge in [0.2, 0.25) is 0 Å². The number of halogens is 1. The van der Waals surface area contributed by atoms with Crippen molar-refractivity contribution in [3.63, 3.8) is 0 Å². The van der Waals surface area contributed by atoms with Gasteiger partial charge in [-0.3, -0.25) is 4.79 Å². The number of aromatic nitrogens is 2. The first-order valence-electron chi connectivity index (χ1n) is 8.29. The van der Waals surface area contributed by atoms with Gasteiger partial charge in [-0.15, -0.1) is 0 Å². The summed E-state index contributed by atoms with van der Waals surface area (Å²) in [6.45, 7) is 7.50. The van der Waals surface area contributed by atoms with Crippen LogP contribution in [0.3, 0.4) is 0 Å². The molecule has 0 radical (unpaired) electrons. The van der Waals surface area contributed by atoms with Crippen LogP contribution >= 0.6 is 11.6 Å². The second-order valence-corrected chi connectivity index (χ2v) is 7.02. The highest BCUT2D eigenvalue weighted by Crippen LogP contribution is 2.25. The summed E-state index contributed by atoms with van der Waals surface area (Å²) >= 11 is 6.11. The fourth-order valence-corrected chi connectivity index (χ4v) is 3.26. The van der Waals surface area contributed by atoms with Gasteiger partial charge in [-0.05, 0) is 31.2 Å². The van der Waals surface area contributed by atoms with Crippen molar-refractivity contribution in [1.82, 2.24) is 19.6 Å². The maximum atomic E-state index is 13.0. The van der Waals surface area contributed by atoms with E-state index in [4.69, 9.17) is 11.6 Å². The monoisotopic (exact) mass is 346 g/mol. The van der Waals surface area contributed by atoms with Crippen LogP contribution < -0.4 is 0 Å². The lowest BCUT2D eigenvalue weighted by atomic mass is 10.0.